The summed E-state index contributed by atoms with van der Waals surface area (Å²) in [6.07, 6.45) is -0.00641. The second-order valence-corrected chi connectivity index (χ2v) is 5.72. The zero-order valence-corrected chi connectivity index (χ0v) is 15.2. The van der Waals surface area contributed by atoms with E-state index in [1.165, 1.54) is 30.0 Å². The first kappa shape index (κ1) is 20.1. The molecule has 2 aromatic rings. The van der Waals surface area contributed by atoms with Crippen LogP contribution in [0.2, 0.25) is 0 Å². The lowest BCUT2D eigenvalue weighted by molar-refractivity contribution is -0.117. The molecule has 0 fully saturated rings. The minimum absolute atomic E-state index is 0.00641. The first-order valence-electron chi connectivity index (χ1n) is 8.52. The van der Waals surface area contributed by atoms with Crippen LogP contribution >= 0.6 is 0 Å². The number of hydrogen-bond donors (Lipinski definition) is 1. The van der Waals surface area contributed by atoms with Gasteiger partial charge in [-0.05, 0) is 43.3 Å². The Hall–Kier alpha value is -3.22. The van der Waals surface area contributed by atoms with Gasteiger partial charge >= 0.3 is 5.97 Å². The molecule has 0 unspecified atom stereocenters. The Morgan fingerprint density at radius 3 is 2.33 bits per heavy atom. The van der Waals surface area contributed by atoms with E-state index in [-0.39, 0.29) is 37.1 Å². The second kappa shape index (κ2) is 9.47. The van der Waals surface area contributed by atoms with E-state index in [4.69, 9.17) is 4.74 Å². The van der Waals surface area contributed by atoms with Crippen LogP contribution in [0.4, 0.5) is 15.8 Å². The van der Waals surface area contributed by atoms with Crippen molar-refractivity contribution in [3.8, 4) is 0 Å². The summed E-state index contributed by atoms with van der Waals surface area (Å²) >= 11 is 0. The number of anilines is 2. The van der Waals surface area contributed by atoms with Crippen molar-refractivity contribution in [3.05, 3.63) is 59.9 Å². The zero-order valence-electron chi connectivity index (χ0n) is 15.2. The van der Waals surface area contributed by atoms with Crippen molar-refractivity contribution in [3.63, 3.8) is 0 Å². The number of amides is 2. The van der Waals surface area contributed by atoms with Crippen LogP contribution in [0.5, 0.6) is 0 Å². The number of para-hydroxylation sites is 1. The van der Waals surface area contributed by atoms with Crippen LogP contribution in [-0.2, 0) is 14.3 Å². The topological polar surface area (TPSA) is 75.7 Å². The predicted molar refractivity (Wildman–Crippen MR) is 100 cm³/mol. The number of carbonyl (C=O) groups is 3. The third-order valence-electron chi connectivity index (χ3n) is 3.77. The Kier molecular flexibility index (Phi) is 7.05. The first-order valence-corrected chi connectivity index (χ1v) is 8.52. The lowest BCUT2D eigenvalue weighted by Gasteiger charge is -2.21. The highest BCUT2D eigenvalue weighted by Gasteiger charge is 2.16. The lowest BCUT2D eigenvalue weighted by atomic mass is 10.2. The molecule has 1 N–H and O–H groups in total. The third-order valence-corrected chi connectivity index (χ3v) is 3.77. The van der Waals surface area contributed by atoms with E-state index in [0.717, 1.165) is 0 Å². The molecule has 0 aromatic heterocycles. The molecule has 2 amide bonds. The standard InChI is InChI=1S/C20H21FN2O4/c1-3-27-20(26)15-8-10-16(11-9-15)22-19(25)12-13-23(14(2)24)18-7-5-4-6-17(18)21/h4-11H,3,12-13H2,1-2H3,(H,22,25). The summed E-state index contributed by atoms with van der Waals surface area (Å²) in [5, 5.41) is 2.68. The highest BCUT2D eigenvalue weighted by atomic mass is 19.1. The molecule has 2 rings (SSSR count). The third kappa shape index (κ3) is 5.64. The quantitative estimate of drug-likeness (QED) is 0.756. The van der Waals surface area contributed by atoms with Crippen molar-refractivity contribution < 1.29 is 23.5 Å². The van der Waals surface area contributed by atoms with Crippen LogP contribution < -0.4 is 10.2 Å². The van der Waals surface area contributed by atoms with Gasteiger partial charge in [0.15, 0.2) is 0 Å². The molecule has 0 saturated heterocycles. The van der Waals surface area contributed by atoms with Gasteiger partial charge in [0.05, 0.1) is 17.9 Å². The van der Waals surface area contributed by atoms with Gasteiger partial charge in [-0.3, -0.25) is 9.59 Å². The summed E-state index contributed by atoms with van der Waals surface area (Å²) in [4.78, 5) is 36.8. The summed E-state index contributed by atoms with van der Waals surface area (Å²) in [6, 6.07) is 12.2. The van der Waals surface area contributed by atoms with Crippen LogP contribution in [0.15, 0.2) is 48.5 Å². The van der Waals surface area contributed by atoms with Gasteiger partial charge in [0.25, 0.3) is 0 Å². The second-order valence-electron chi connectivity index (χ2n) is 5.72. The molecule has 0 heterocycles. The summed E-state index contributed by atoms with van der Waals surface area (Å²) in [7, 11) is 0. The van der Waals surface area contributed by atoms with Crippen LogP contribution in [-0.4, -0.2) is 30.9 Å². The minimum atomic E-state index is -0.525. The fourth-order valence-electron chi connectivity index (χ4n) is 2.46. The van der Waals surface area contributed by atoms with Gasteiger partial charge in [0.2, 0.25) is 11.8 Å². The first-order chi connectivity index (χ1) is 12.9. The number of esters is 1. The molecule has 0 radical (unpaired) electrons. The fraction of sp³-hybridized carbons (Fsp3) is 0.250. The predicted octanol–water partition coefficient (Wildman–Crippen LogP) is 3.38. The highest BCUT2D eigenvalue weighted by molar-refractivity contribution is 5.95. The van der Waals surface area contributed by atoms with E-state index in [1.54, 1.807) is 37.3 Å². The molecule has 0 aliphatic heterocycles. The number of hydrogen-bond acceptors (Lipinski definition) is 4. The van der Waals surface area contributed by atoms with E-state index in [9.17, 15) is 18.8 Å². The minimum Gasteiger partial charge on any atom is -0.462 e. The largest absolute Gasteiger partial charge is 0.462 e. The van der Waals surface area contributed by atoms with Crippen molar-refractivity contribution in [2.45, 2.75) is 20.3 Å². The number of nitrogens with one attached hydrogen (secondary N) is 1. The molecule has 2 aromatic carbocycles. The average molecular weight is 372 g/mol. The van der Waals surface area contributed by atoms with Gasteiger partial charge in [0, 0.05) is 25.6 Å². The van der Waals surface area contributed by atoms with E-state index in [1.807, 2.05) is 0 Å². The van der Waals surface area contributed by atoms with Crippen LogP contribution in [0.25, 0.3) is 0 Å². The fourth-order valence-corrected chi connectivity index (χ4v) is 2.46. The maximum Gasteiger partial charge on any atom is 0.338 e. The van der Waals surface area contributed by atoms with Gasteiger partial charge in [-0.25, -0.2) is 9.18 Å². The zero-order chi connectivity index (χ0) is 19.8. The number of rotatable bonds is 7. The highest BCUT2D eigenvalue weighted by Crippen LogP contribution is 2.19. The smallest absolute Gasteiger partial charge is 0.338 e. The van der Waals surface area contributed by atoms with Gasteiger partial charge in [-0.1, -0.05) is 12.1 Å². The Labute approximate surface area is 156 Å². The average Bonchev–Trinajstić information content (AvgIpc) is 2.64. The molecule has 0 spiro atoms. The summed E-state index contributed by atoms with van der Waals surface area (Å²) < 4.78 is 18.8. The maximum atomic E-state index is 13.9. The van der Waals surface area contributed by atoms with Gasteiger partial charge in [-0.15, -0.1) is 0 Å². The molecule has 0 aliphatic carbocycles. The van der Waals surface area contributed by atoms with Gasteiger partial charge < -0.3 is 15.0 Å². The summed E-state index contributed by atoms with van der Waals surface area (Å²) in [5.74, 6) is -1.65. The van der Waals surface area contributed by atoms with E-state index in [2.05, 4.69) is 5.32 Å². The summed E-state index contributed by atoms with van der Waals surface area (Å²) in [5.41, 5.74) is 1.03. The maximum absolute atomic E-state index is 13.9. The summed E-state index contributed by atoms with van der Waals surface area (Å²) in [6.45, 7) is 3.37. The van der Waals surface area contributed by atoms with Crippen molar-refractivity contribution in [2.24, 2.45) is 0 Å². The Morgan fingerprint density at radius 1 is 1.07 bits per heavy atom. The van der Waals surface area contributed by atoms with Crippen molar-refractivity contribution in [2.75, 3.05) is 23.4 Å². The molecule has 27 heavy (non-hydrogen) atoms. The SMILES string of the molecule is CCOC(=O)c1ccc(NC(=O)CCN(C(C)=O)c2ccccc2F)cc1. The van der Waals surface area contributed by atoms with Crippen molar-refractivity contribution in [1.29, 1.82) is 0 Å². The molecular formula is C20H21FN2O4. The normalized spacial score (nSPS) is 10.2. The molecule has 7 heteroatoms. The van der Waals surface area contributed by atoms with Gasteiger partial charge in [-0.2, -0.15) is 0 Å². The molecule has 0 bridgehead atoms. The van der Waals surface area contributed by atoms with Crippen LogP contribution in [0.3, 0.4) is 0 Å². The molecule has 0 saturated carbocycles. The van der Waals surface area contributed by atoms with Crippen molar-refractivity contribution in [1.82, 2.24) is 0 Å². The molecule has 142 valence electrons. The van der Waals surface area contributed by atoms with E-state index < -0.39 is 11.8 Å². The molecule has 0 atom stereocenters. The van der Waals surface area contributed by atoms with Crippen LogP contribution in [0, 0.1) is 5.82 Å². The van der Waals surface area contributed by atoms with Crippen molar-refractivity contribution >= 4 is 29.2 Å². The Balaban J connectivity index is 1.95. The molecule has 0 aliphatic rings. The Morgan fingerprint density at radius 2 is 1.74 bits per heavy atom. The van der Waals surface area contributed by atoms with E-state index in [0.29, 0.717) is 11.3 Å². The lowest BCUT2D eigenvalue weighted by Crippen LogP contribution is -2.32. The van der Waals surface area contributed by atoms with Gasteiger partial charge in [0.1, 0.15) is 5.82 Å². The molecular weight excluding hydrogens is 351 g/mol. The number of benzene rings is 2. The molecule has 6 nitrogen and oxygen atoms in total. The Bertz CT molecular complexity index is 821. The van der Waals surface area contributed by atoms with Crippen LogP contribution in [0.1, 0.15) is 30.6 Å². The monoisotopic (exact) mass is 372 g/mol. The number of halogens is 1. The number of carbonyl (C=O) groups excluding carboxylic acids is 3. The van der Waals surface area contributed by atoms with E-state index >= 15 is 0 Å². The number of nitrogens with zero attached hydrogens (tertiary/aromatic N) is 1. The number of ether oxygens (including phenoxy) is 1.